The van der Waals surface area contributed by atoms with Gasteiger partial charge in [0.05, 0.1) is 13.4 Å². The summed E-state index contributed by atoms with van der Waals surface area (Å²) >= 11 is 0. The lowest BCUT2D eigenvalue weighted by atomic mass is 10.1. The summed E-state index contributed by atoms with van der Waals surface area (Å²) in [5.41, 5.74) is 0.371. The fraction of sp³-hybridized carbons (Fsp3) is 0.222. The summed E-state index contributed by atoms with van der Waals surface area (Å²) in [5, 5.41) is 8.76. The van der Waals surface area contributed by atoms with Crippen molar-refractivity contribution in [2.24, 2.45) is 7.05 Å². The van der Waals surface area contributed by atoms with Crippen molar-refractivity contribution < 1.29 is 27.1 Å². The molecule has 1 aromatic carbocycles. The number of halogens is 3. The largest absolute Gasteiger partial charge is 0.494 e. The van der Waals surface area contributed by atoms with E-state index < -0.39 is 24.3 Å². The lowest BCUT2D eigenvalue weighted by Gasteiger charge is -2.19. The number of hydrogen-bond donors (Lipinski definition) is 2. The summed E-state index contributed by atoms with van der Waals surface area (Å²) in [5.74, 6) is -0.134. The number of nitrogens with one attached hydrogen (secondary N) is 2. The van der Waals surface area contributed by atoms with Crippen LogP contribution >= 0.6 is 0 Å². The third kappa shape index (κ3) is 4.11. The average Bonchev–Trinajstić information content (AvgIpc) is 3.30. The minimum absolute atomic E-state index is 0.0819. The summed E-state index contributed by atoms with van der Waals surface area (Å²) < 4.78 is 52.1. The van der Waals surface area contributed by atoms with Crippen LogP contribution in [0.4, 0.5) is 23.8 Å². The molecule has 0 aliphatic carbocycles. The number of urea groups is 1. The highest BCUT2D eigenvalue weighted by atomic mass is 19.3. The zero-order valence-electron chi connectivity index (χ0n) is 14.9. The Kier molecular flexibility index (Phi) is 5.57. The number of benzene rings is 1. The van der Waals surface area contributed by atoms with Crippen molar-refractivity contribution in [2.75, 3.05) is 12.4 Å². The van der Waals surface area contributed by atoms with Crippen molar-refractivity contribution in [3.8, 4) is 17.2 Å². The van der Waals surface area contributed by atoms with Crippen LogP contribution < -0.4 is 15.4 Å². The minimum atomic E-state index is -2.95. The molecule has 0 unspecified atom stereocenters. The van der Waals surface area contributed by atoms with Gasteiger partial charge in [-0.05, 0) is 29.8 Å². The van der Waals surface area contributed by atoms with Crippen LogP contribution in [0.1, 0.15) is 11.6 Å². The van der Waals surface area contributed by atoms with Crippen molar-refractivity contribution in [3.63, 3.8) is 0 Å². The third-order valence-corrected chi connectivity index (χ3v) is 3.97. The van der Waals surface area contributed by atoms with Gasteiger partial charge in [0.2, 0.25) is 0 Å². The summed E-state index contributed by atoms with van der Waals surface area (Å²) in [6.07, 6.45) is -1.48. The quantitative estimate of drug-likeness (QED) is 0.663. The molecular weight excluding hydrogens is 377 g/mol. The molecule has 0 saturated carbocycles. The van der Waals surface area contributed by atoms with Gasteiger partial charge < -0.3 is 14.5 Å². The number of hydrogen-bond acceptors (Lipinski definition) is 4. The molecule has 1 atom stereocenters. The van der Waals surface area contributed by atoms with Crippen molar-refractivity contribution in [1.82, 2.24) is 15.1 Å². The molecular formula is C18H17F3N4O3. The second kappa shape index (κ2) is 8.07. The molecule has 2 N–H and O–H groups in total. The number of carbonyl (C=O) groups is 1. The molecule has 2 aromatic heterocycles. The summed E-state index contributed by atoms with van der Waals surface area (Å²) in [7, 11) is 2.84. The molecule has 3 aromatic rings. The molecule has 0 fully saturated rings. The van der Waals surface area contributed by atoms with E-state index >= 15 is 0 Å². The van der Waals surface area contributed by atoms with E-state index in [4.69, 9.17) is 9.15 Å². The van der Waals surface area contributed by atoms with E-state index in [1.54, 1.807) is 19.2 Å². The Bertz CT molecular complexity index is 957. The van der Waals surface area contributed by atoms with Crippen LogP contribution in [0.3, 0.4) is 0 Å². The lowest BCUT2D eigenvalue weighted by Crippen LogP contribution is -2.36. The minimum Gasteiger partial charge on any atom is -0.494 e. The molecule has 2 heterocycles. The average molecular weight is 394 g/mol. The summed E-state index contributed by atoms with van der Waals surface area (Å²) in [4.78, 5) is 12.2. The van der Waals surface area contributed by atoms with Crippen molar-refractivity contribution in [3.05, 3.63) is 54.0 Å². The molecule has 148 valence electrons. The maximum atomic E-state index is 13.8. The molecule has 2 amide bonds. The molecule has 10 heteroatoms. The van der Waals surface area contributed by atoms with E-state index in [2.05, 4.69) is 15.7 Å². The number of nitrogens with zero attached hydrogens (tertiary/aromatic N) is 2. The molecule has 28 heavy (non-hydrogen) atoms. The number of rotatable bonds is 6. The number of anilines is 1. The predicted octanol–water partition coefficient (Wildman–Crippen LogP) is 3.96. The second-order valence-electron chi connectivity index (χ2n) is 5.82. The maximum Gasteiger partial charge on any atom is 0.321 e. The Morgan fingerprint density at radius 2 is 2.07 bits per heavy atom. The zero-order valence-corrected chi connectivity index (χ0v) is 14.9. The standard InChI is InChI=1S/C18H17F3N4O3/c1-25-15(9-12(24-25)14-4-3-7-28-14)22-18(26)23-16(17(20)21)10-5-6-13(27-2)11(19)8-10/h3-9,16-17H,1-2H3,(H2,22,23,26)/t16-/m1/s1. The number of methoxy groups -OCH3 is 1. The van der Waals surface area contributed by atoms with Gasteiger partial charge in [0.15, 0.2) is 17.3 Å². The Labute approximate surface area is 158 Å². The highest BCUT2D eigenvalue weighted by molar-refractivity contribution is 5.89. The number of furan rings is 1. The zero-order chi connectivity index (χ0) is 20.3. The van der Waals surface area contributed by atoms with Gasteiger partial charge in [0.25, 0.3) is 6.43 Å². The molecule has 0 bridgehead atoms. The van der Waals surface area contributed by atoms with Gasteiger partial charge in [-0.15, -0.1) is 0 Å². The molecule has 3 rings (SSSR count). The van der Waals surface area contributed by atoms with Gasteiger partial charge >= 0.3 is 6.03 Å². The van der Waals surface area contributed by atoms with Crippen LogP contribution in [0.5, 0.6) is 5.75 Å². The number of aromatic nitrogens is 2. The van der Waals surface area contributed by atoms with Crippen LogP contribution in [-0.4, -0.2) is 29.3 Å². The van der Waals surface area contributed by atoms with Crippen LogP contribution in [0.2, 0.25) is 0 Å². The first-order valence-corrected chi connectivity index (χ1v) is 8.16. The number of ether oxygens (including phenoxy) is 1. The SMILES string of the molecule is COc1ccc([C@@H](NC(=O)Nc2cc(-c3ccco3)nn2C)C(F)F)cc1F. The molecule has 7 nitrogen and oxygen atoms in total. The lowest BCUT2D eigenvalue weighted by molar-refractivity contribution is 0.102. The molecule has 0 aliphatic heterocycles. The second-order valence-corrected chi connectivity index (χ2v) is 5.82. The molecule has 0 aliphatic rings. The maximum absolute atomic E-state index is 13.8. The van der Waals surface area contributed by atoms with E-state index in [1.165, 1.54) is 36.3 Å². The monoisotopic (exact) mass is 394 g/mol. The summed E-state index contributed by atoms with van der Waals surface area (Å²) in [6, 6.07) is 5.68. The van der Waals surface area contributed by atoms with Gasteiger partial charge in [0, 0.05) is 13.1 Å². The van der Waals surface area contributed by atoms with Crippen LogP contribution in [0, 0.1) is 5.82 Å². The van der Waals surface area contributed by atoms with Crippen LogP contribution in [-0.2, 0) is 7.05 Å². The van der Waals surface area contributed by atoms with E-state index in [-0.39, 0.29) is 17.1 Å². The Balaban J connectivity index is 1.74. The normalized spacial score (nSPS) is 12.1. The van der Waals surface area contributed by atoms with E-state index in [0.29, 0.717) is 11.5 Å². The van der Waals surface area contributed by atoms with Gasteiger partial charge in [-0.2, -0.15) is 5.10 Å². The number of aryl methyl sites for hydroxylation is 1. The first-order valence-electron chi connectivity index (χ1n) is 8.16. The van der Waals surface area contributed by atoms with Gasteiger partial charge in [-0.25, -0.2) is 18.0 Å². The van der Waals surface area contributed by atoms with Crippen LogP contribution in [0.25, 0.3) is 11.5 Å². The smallest absolute Gasteiger partial charge is 0.321 e. The van der Waals surface area contributed by atoms with Crippen molar-refractivity contribution in [2.45, 2.75) is 12.5 Å². The highest BCUT2D eigenvalue weighted by Crippen LogP contribution is 2.26. The fourth-order valence-corrected chi connectivity index (χ4v) is 2.59. The van der Waals surface area contributed by atoms with E-state index in [1.807, 2.05) is 0 Å². The highest BCUT2D eigenvalue weighted by Gasteiger charge is 2.26. The number of alkyl halides is 2. The van der Waals surface area contributed by atoms with Crippen molar-refractivity contribution in [1.29, 1.82) is 0 Å². The van der Waals surface area contributed by atoms with Gasteiger partial charge in [-0.1, -0.05) is 6.07 Å². The Morgan fingerprint density at radius 3 is 2.68 bits per heavy atom. The van der Waals surface area contributed by atoms with Crippen LogP contribution in [0.15, 0.2) is 47.1 Å². The number of carbonyl (C=O) groups excluding carboxylic acids is 1. The van der Waals surface area contributed by atoms with Crippen molar-refractivity contribution >= 4 is 11.8 Å². The molecule has 0 saturated heterocycles. The van der Waals surface area contributed by atoms with Gasteiger partial charge in [-0.3, -0.25) is 10.00 Å². The molecule has 0 spiro atoms. The molecule has 0 radical (unpaired) electrons. The Hall–Kier alpha value is -3.43. The number of amides is 2. The first kappa shape index (κ1) is 19.3. The summed E-state index contributed by atoms with van der Waals surface area (Å²) in [6.45, 7) is 0. The third-order valence-electron chi connectivity index (χ3n) is 3.97. The Morgan fingerprint density at radius 1 is 1.29 bits per heavy atom. The van der Waals surface area contributed by atoms with E-state index in [0.717, 1.165) is 6.07 Å². The fourth-order valence-electron chi connectivity index (χ4n) is 2.59. The predicted molar refractivity (Wildman–Crippen MR) is 94.8 cm³/mol. The van der Waals surface area contributed by atoms with E-state index in [9.17, 15) is 18.0 Å². The topological polar surface area (TPSA) is 81.3 Å². The first-order chi connectivity index (χ1) is 13.4. The van der Waals surface area contributed by atoms with Gasteiger partial charge in [0.1, 0.15) is 17.6 Å².